The van der Waals surface area contributed by atoms with Crippen molar-refractivity contribution in [1.29, 1.82) is 0 Å². The highest BCUT2D eigenvalue weighted by atomic mass is 16.5. The number of aryl methyl sites for hydroxylation is 1. The third-order valence-electron chi connectivity index (χ3n) is 5.06. The molecule has 2 aliphatic rings. The Bertz CT molecular complexity index is 640. The van der Waals surface area contributed by atoms with Gasteiger partial charge in [0.25, 0.3) is 0 Å². The average molecular weight is 285 g/mol. The van der Waals surface area contributed by atoms with Gasteiger partial charge in [0.15, 0.2) is 0 Å². The zero-order valence-electron chi connectivity index (χ0n) is 12.7. The van der Waals surface area contributed by atoms with Crippen LogP contribution in [0.25, 0.3) is 11.0 Å². The van der Waals surface area contributed by atoms with Crippen LogP contribution in [0.15, 0.2) is 28.7 Å². The van der Waals surface area contributed by atoms with Crippen molar-refractivity contribution < 1.29 is 9.15 Å². The Morgan fingerprint density at radius 2 is 2.05 bits per heavy atom. The molecule has 2 aromatic rings. The van der Waals surface area contributed by atoms with Crippen molar-refractivity contribution in [3.8, 4) is 0 Å². The van der Waals surface area contributed by atoms with Gasteiger partial charge in [-0.2, -0.15) is 0 Å². The first kappa shape index (κ1) is 13.4. The van der Waals surface area contributed by atoms with Crippen LogP contribution >= 0.6 is 0 Å². The van der Waals surface area contributed by atoms with Gasteiger partial charge in [0.2, 0.25) is 0 Å². The number of hydrogen-bond donors (Lipinski definition) is 1. The summed E-state index contributed by atoms with van der Waals surface area (Å²) < 4.78 is 12.7. The minimum atomic E-state index is 0.0485. The number of benzene rings is 1. The molecule has 1 saturated heterocycles. The van der Waals surface area contributed by atoms with E-state index in [1.54, 1.807) is 0 Å². The van der Waals surface area contributed by atoms with Crippen LogP contribution in [-0.4, -0.2) is 18.7 Å². The third-order valence-corrected chi connectivity index (χ3v) is 5.06. The Balaban J connectivity index is 1.72. The van der Waals surface area contributed by atoms with Crippen LogP contribution in [0.4, 0.5) is 0 Å². The number of nitrogens with one attached hydrogen (secondary N) is 1. The van der Waals surface area contributed by atoms with Gasteiger partial charge in [-0.05, 0) is 25.3 Å². The molecule has 0 bridgehead atoms. The summed E-state index contributed by atoms with van der Waals surface area (Å²) in [5, 5.41) is 4.82. The van der Waals surface area contributed by atoms with Crippen LogP contribution in [0, 0.1) is 0 Å². The lowest BCUT2D eigenvalue weighted by Gasteiger charge is -2.38. The summed E-state index contributed by atoms with van der Waals surface area (Å²) in [5.74, 6) is 1.04. The molecule has 1 aliphatic heterocycles. The van der Waals surface area contributed by atoms with Crippen molar-refractivity contribution in [3.63, 3.8) is 0 Å². The summed E-state index contributed by atoms with van der Waals surface area (Å²) in [6, 6.07) is 8.33. The van der Waals surface area contributed by atoms with Gasteiger partial charge in [-0.3, -0.25) is 0 Å². The second-order valence-electron chi connectivity index (χ2n) is 6.42. The van der Waals surface area contributed by atoms with E-state index in [1.165, 1.54) is 36.6 Å². The number of rotatable bonds is 2. The monoisotopic (exact) mass is 285 g/mol. The van der Waals surface area contributed by atoms with Gasteiger partial charge in [-0.25, -0.2) is 0 Å². The van der Waals surface area contributed by atoms with Crippen LogP contribution in [-0.2, 0) is 11.2 Å². The van der Waals surface area contributed by atoms with Crippen molar-refractivity contribution in [3.05, 3.63) is 35.6 Å². The molecule has 1 aromatic heterocycles. The predicted octanol–water partition coefficient (Wildman–Crippen LogP) is 3.97. The molecule has 1 atom stereocenters. The first-order valence-electron chi connectivity index (χ1n) is 8.20. The molecule has 3 heteroatoms. The molecule has 1 unspecified atom stereocenters. The lowest BCUT2D eigenvalue weighted by atomic mass is 9.97. The first-order valence-corrected chi connectivity index (χ1v) is 8.20. The van der Waals surface area contributed by atoms with Crippen LogP contribution in [0.3, 0.4) is 0 Å². The smallest absolute Gasteiger partial charge is 0.138 e. The molecule has 1 aromatic carbocycles. The number of fused-ring (bicyclic) bond motifs is 1. The maximum Gasteiger partial charge on any atom is 0.138 e. The maximum atomic E-state index is 6.54. The molecular formula is C18H23NO2. The molecular weight excluding hydrogens is 262 g/mol. The highest BCUT2D eigenvalue weighted by Gasteiger charge is 2.41. The lowest BCUT2D eigenvalue weighted by molar-refractivity contribution is -0.121. The highest BCUT2D eigenvalue weighted by molar-refractivity contribution is 5.82. The predicted molar refractivity (Wildman–Crippen MR) is 83.5 cm³/mol. The van der Waals surface area contributed by atoms with E-state index in [-0.39, 0.29) is 11.7 Å². The largest absolute Gasteiger partial charge is 0.458 e. The molecule has 2 fully saturated rings. The Labute approximate surface area is 125 Å². The van der Waals surface area contributed by atoms with Gasteiger partial charge in [0, 0.05) is 24.0 Å². The summed E-state index contributed by atoms with van der Waals surface area (Å²) in [4.78, 5) is 0. The quantitative estimate of drug-likeness (QED) is 0.906. The number of furan rings is 1. The van der Waals surface area contributed by atoms with Crippen molar-refractivity contribution in [2.45, 2.75) is 50.7 Å². The van der Waals surface area contributed by atoms with Gasteiger partial charge < -0.3 is 14.5 Å². The van der Waals surface area contributed by atoms with Crippen molar-refractivity contribution in [2.24, 2.45) is 0 Å². The van der Waals surface area contributed by atoms with E-state index in [9.17, 15) is 0 Å². The Hall–Kier alpha value is -1.32. The molecule has 112 valence electrons. The SMILES string of the molecule is CCc1c(C2CNCC3(CCCC3)O2)oc2ccccc12. The van der Waals surface area contributed by atoms with Gasteiger partial charge in [-0.15, -0.1) is 0 Å². The normalized spacial score (nSPS) is 24.9. The number of morpholine rings is 1. The zero-order valence-corrected chi connectivity index (χ0v) is 12.7. The number of ether oxygens (including phenoxy) is 1. The summed E-state index contributed by atoms with van der Waals surface area (Å²) in [5.41, 5.74) is 2.35. The second kappa shape index (κ2) is 5.15. The zero-order chi connectivity index (χ0) is 14.3. The van der Waals surface area contributed by atoms with E-state index in [4.69, 9.17) is 9.15 Å². The van der Waals surface area contributed by atoms with E-state index in [1.807, 2.05) is 6.07 Å². The summed E-state index contributed by atoms with van der Waals surface area (Å²) in [6.45, 7) is 4.04. The van der Waals surface area contributed by atoms with E-state index < -0.39 is 0 Å². The lowest BCUT2D eigenvalue weighted by Crippen LogP contribution is -2.49. The number of para-hydroxylation sites is 1. The fraction of sp³-hybridized carbons (Fsp3) is 0.556. The van der Waals surface area contributed by atoms with Crippen molar-refractivity contribution >= 4 is 11.0 Å². The fourth-order valence-electron chi connectivity index (χ4n) is 4.02. The Morgan fingerprint density at radius 1 is 1.24 bits per heavy atom. The maximum absolute atomic E-state index is 6.54. The summed E-state index contributed by atoms with van der Waals surface area (Å²) in [7, 11) is 0. The fourth-order valence-corrected chi connectivity index (χ4v) is 4.02. The van der Waals surface area contributed by atoms with Gasteiger partial charge in [-0.1, -0.05) is 38.0 Å². The first-order chi connectivity index (χ1) is 10.3. The topological polar surface area (TPSA) is 34.4 Å². The molecule has 1 spiro atoms. The third kappa shape index (κ3) is 2.19. The molecule has 1 aliphatic carbocycles. The molecule has 1 saturated carbocycles. The van der Waals surface area contributed by atoms with E-state index in [0.29, 0.717) is 0 Å². The second-order valence-corrected chi connectivity index (χ2v) is 6.42. The number of hydrogen-bond acceptors (Lipinski definition) is 3. The van der Waals surface area contributed by atoms with Crippen LogP contribution in [0.1, 0.15) is 50.0 Å². The molecule has 21 heavy (non-hydrogen) atoms. The molecule has 1 N–H and O–H groups in total. The van der Waals surface area contributed by atoms with Gasteiger partial charge >= 0.3 is 0 Å². The van der Waals surface area contributed by atoms with Gasteiger partial charge in [0.1, 0.15) is 17.4 Å². The average Bonchev–Trinajstić information content (AvgIpc) is 3.11. The minimum absolute atomic E-state index is 0.0485. The molecule has 3 nitrogen and oxygen atoms in total. The molecule has 4 rings (SSSR count). The molecule has 0 radical (unpaired) electrons. The van der Waals surface area contributed by atoms with E-state index in [0.717, 1.165) is 30.9 Å². The summed E-state index contributed by atoms with van der Waals surface area (Å²) in [6.07, 6.45) is 5.97. The van der Waals surface area contributed by atoms with Crippen LogP contribution in [0.5, 0.6) is 0 Å². The van der Waals surface area contributed by atoms with E-state index >= 15 is 0 Å². The van der Waals surface area contributed by atoms with Crippen LogP contribution < -0.4 is 5.32 Å². The molecule has 0 amide bonds. The minimum Gasteiger partial charge on any atom is -0.458 e. The Kier molecular flexibility index (Phi) is 3.27. The van der Waals surface area contributed by atoms with Gasteiger partial charge in [0.05, 0.1) is 5.60 Å². The molecule has 2 heterocycles. The Morgan fingerprint density at radius 3 is 2.86 bits per heavy atom. The van der Waals surface area contributed by atoms with Crippen LogP contribution in [0.2, 0.25) is 0 Å². The summed E-state index contributed by atoms with van der Waals surface area (Å²) >= 11 is 0. The van der Waals surface area contributed by atoms with Crippen molar-refractivity contribution in [2.75, 3.05) is 13.1 Å². The standard InChI is InChI=1S/C18H23NO2/c1-2-13-14-7-3-4-8-15(14)20-17(13)16-11-19-12-18(21-16)9-5-6-10-18/h3-4,7-8,16,19H,2,5-6,9-12H2,1H3. The van der Waals surface area contributed by atoms with E-state index in [2.05, 4.69) is 30.4 Å². The van der Waals surface area contributed by atoms with Crippen molar-refractivity contribution in [1.82, 2.24) is 5.32 Å². The highest BCUT2D eigenvalue weighted by Crippen LogP contribution is 2.41.